The predicted molar refractivity (Wildman–Crippen MR) is 57.9 cm³/mol. The van der Waals surface area contributed by atoms with E-state index in [1.807, 2.05) is 0 Å². The Hall–Kier alpha value is -2.14. The van der Waals surface area contributed by atoms with Crippen molar-refractivity contribution in [2.75, 3.05) is 5.88 Å². The molecule has 0 aromatic heterocycles. The number of hydrogen-bond acceptors (Lipinski definition) is 4. The summed E-state index contributed by atoms with van der Waals surface area (Å²) >= 11 is 5.17. The minimum Gasteiger partial charge on any atom is -0.293 e. The molecule has 0 spiro atoms. The minimum absolute atomic E-state index is 0.165. The van der Waals surface area contributed by atoms with Crippen molar-refractivity contribution in [2.24, 2.45) is 0 Å². The second-order valence-electron chi connectivity index (χ2n) is 3.34. The Morgan fingerprint density at radius 3 is 2.42 bits per heavy atom. The van der Waals surface area contributed by atoms with Gasteiger partial charge in [-0.1, -0.05) is 0 Å². The summed E-state index contributed by atoms with van der Waals surface area (Å²) in [5.41, 5.74) is -3.99. The number of Topliss-reactive ketones (excluding diaryl/α,β-unsaturated/α-hetero) is 1. The molecule has 0 aliphatic carbocycles. The fourth-order valence-corrected chi connectivity index (χ4v) is 1.51. The molecule has 19 heavy (non-hydrogen) atoms. The molecule has 1 aromatic carbocycles. The molecule has 0 amide bonds. The van der Waals surface area contributed by atoms with E-state index in [1.165, 1.54) is 6.07 Å². The molecule has 0 heterocycles. The number of ketones is 1. The van der Waals surface area contributed by atoms with Gasteiger partial charge in [0.05, 0.1) is 16.4 Å². The van der Waals surface area contributed by atoms with E-state index >= 15 is 0 Å². The highest BCUT2D eigenvalue weighted by molar-refractivity contribution is 6.30. The first-order valence-corrected chi connectivity index (χ1v) is 5.14. The van der Waals surface area contributed by atoms with Crippen LogP contribution in [0.2, 0.25) is 0 Å². The highest BCUT2D eigenvalue weighted by Crippen LogP contribution is 2.36. The average Bonchev–Trinajstić information content (AvgIpc) is 2.34. The fourth-order valence-electron chi connectivity index (χ4n) is 1.37. The van der Waals surface area contributed by atoms with Gasteiger partial charge < -0.3 is 0 Å². The van der Waals surface area contributed by atoms with Gasteiger partial charge in [-0.05, 0) is 6.07 Å². The van der Waals surface area contributed by atoms with Crippen molar-refractivity contribution in [2.45, 2.75) is 6.18 Å². The second kappa shape index (κ2) is 5.24. The van der Waals surface area contributed by atoms with Crippen molar-refractivity contribution in [3.63, 3.8) is 0 Å². The number of nitro benzene ring substituents is 1. The van der Waals surface area contributed by atoms with Gasteiger partial charge in [0.2, 0.25) is 0 Å². The lowest BCUT2D eigenvalue weighted by atomic mass is 9.99. The van der Waals surface area contributed by atoms with Gasteiger partial charge >= 0.3 is 6.18 Å². The number of nitriles is 1. The average molecular weight is 293 g/mol. The van der Waals surface area contributed by atoms with Crippen LogP contribution in [-0.4, -0.2) is 16.6 Å². The Labute approximate surface area is 109 Å². The number of nitrogens with zero attached hydrogens (tertiary/aromatic N) is 2. The molecule has 0 aliphatic heterocycles. The first-order valence-electron chi connectivity index (χ1n) is 4.61. The Morgan fingerprint density at radius 2 is 2.05 bits per heavy atom. The fraction of sp³-hybridized carbons (Fsp3) is 0.200. The summed E-state index contributed by atoms with van der Waals surface area (Å²) in [6.07, 6.45) is -4.96. The summed E-state index contributed by atoms with van der Waals surface area (Å²) in [6, 6.07) is 2.07. The van der Waals surface area contributed by atoms with Gasteiger partial charge in [-0.15, -0.1) is 11.6 Å². The summed E-state index contributed by atoms with van der Waals surface area (Å²) in [7, 11) is 0. The zero-order valence-corrected chi connectivity index (χ0v) is 9.75. The lowest BCUT2D eigenvalue weighted by Crippen LogP contribution is -2.15. The maximum absolute atomic E-state index is 12.7. The van der Waals surface area contributed by atoms with Gasteiger partial charge in [0.1, 0.15) is 11.6 Å². The van der Waals surface area contributed by atoms with Gasteiger partial charge in [-0.25, -0.2) is 0 Å². The van der Waals surface area contributed by atoms with Crippen molar-refractivity contribution >= 4 is 23.1 Å². The summed E-state index contributed by atoms with van der Waals surface area (Å²) in [5.74, 6) is -1.80. The quantitative estimate of drug-likeness (QED) is 0.371. The van der Waals surface area contributed by atoms with Crippen molar-refractivity contribution in [1.82, 2.24) is 0 Å². The molecule has 0 aliphatic rings. The van der Waals surface area contributed by atoms with Crippen LogP contribution in [-0.2, 0) is 6.18 Å². The molecular formula is C10H4ClF3N2O3. The van der Waals surface area contributed by atoms with Gasteiger partial charge in [0, 0.05) is 11.6 Å². The van der Waals surface area contributed by atoms with Crippen LogP contribution in [0.15, 0.2) is 12.1 Å². The molecule has 1 rings (SSSR count). The smallest absolute Gasteiger partial charge is 0.293 e. The van der Waals surface area contributed by atoms with E-state index in [1.54, 1.807) is 0 Å². The van der Waals surface area contributed by atoms with Crippen molar-refractivity contribution in [3.05, 3.63) is 38.9 Å². The third-order valence-corrected chi connectivity index (χ3v) is 2.42. The number of nitro groups is 1. The normalized spacial score (nSPS) is 10.9. The first kappa shape index (κ1) is 14.9. The Balaban J connectivity index is 3.69. The molecule has 0 radical (unpaired) electrons. The summed E-state index contributed by atoms with van der Waals surface area (Å²) in [6.45, 7) is 0. The monoisotopic (exact) mass is 292 g/mol. The van der Waals surface area contributed by atoms with Gasteiger partial charge in [-0.3, -0.25) is 14.9 Å². The van der Waals surface area contributed by atoms with Crippen LogP contribution in [0, 0.1) is 21.4 Å². The number of carbonyl (C=O) groups is 1. The number of hydrogen-bond donors (Lipinski definition) is 0. The molecule has 0 N–H and O–H groups in total. The van der Waals surface area contributed by atoms with Crippen LogP contribution in [0.25, 0.3) is 0 Å². The molecular weight excluding hydrogens is 289 g/mol. The molecule has 0 saturated heterocycles. The van der Waals surface area contributed by atoms with E-state index < -0.39 is 45.1 Å². The minimum atomic E-state index is -4.96. The van der Waals surface area contributed by atoms with Crippen LogP contribution in [0.3, 0.4) is 0 Å². The lowest BCUT2D eigenvalue weighted by Gasteiger charge is -2.11. The molecule has 0 saturated carbocycles. The van der Waals surface area contributed by atoms with Gasteiger partial charge in [0.15, 0.2) is 5.78 Å². The molecule has 0 atom stereocenters. The highest BCUT2D eigenvalue weighted by atomic mass is 35.5. The van der Waals surface area contributed by atoms with E-state index in [0.717, 1.165) is 0 Å². The Bertz CT molecular complexity index is 593. The van der Waals surface area contributed by atoms with Crippen LogP contribution in [0.5, 0.6) is 0 Å². The van der Waals surface area contributed by atoms with E-state index in [4.69, 9.17) is 16.9 Å². The largest absolute Gasteiger partial charge is 0.417 e. The number of carbonyl (C=O) groups excluding carboxylic acids is 1. The molecule has 5 nitrogen and oxygen atoms in total. The molecule has 0 fully saturated rings. The van der Waals surface area contributed by atoms with Crippen molar-refractivity contribution in [3.8, 4) is 6.07 Å². The molecule has 1 aromatic rings. The zero-order chi connectivity index (χ0) is 14.8. The summed E-state index contributed by atoms with van der Waals surface area (Å²) in [4.78, 5) is 20.8. The second-order valence-corrected chi connectivity index (χ2v) is 3.61. The standard InChI is InChI=1S/C10H4ClF3N2O3/c11-3-9(17)6-1-5(4-15)8(16(18)19)2-7(6)10(12,13)14/h1-2H,3H2. The molecule has 0 bridgehead atoms. The number of alkyl halides is 4. The third kappa shape index (κ3) is 3.00. The predicted octanol–water partition coefficient (Wildman–Crippen LogP) is 2.91. The van der Waals surface area contributed by atoms with Crippen LogP contribution in [0.1, 0.15) is 21.5 Å². The van der Waals surface area contributed by atoms with Crippen molar-refractivity contribution < 1.29 is 22.9 Å². The van der Waals surface area contributed by atoms with E-state index in [9.17, 15) is 28.1 Å². The van der Waals surface area contributed by atoms with Gasteiger partial charge in [-0.2, -0.15) is 18.4 Å². The Kier molecular flexibility index (Phi) is 4.11. The number of benzene rings is 1. The van der Waals surface area contributed by atoms with E-state index in [-0.39, 0.29) is 6.07 Å². The molecule has 100 valence electrons. The zero-order valence-electron chi connectivity index (χ0n) is 8.99. The first-order chi connectivity index (χ1) is 8.72. The maximum Gasteiger partial charge on any atom is 0.417 e. The topological polar surface area (TPSA) is 84.0 Å². The summed E-state index contributed by atoms with van der Waals surface area (Å²) in [5, 5.41) is 19.2. The van der Waals surface area contributed by atoms with Gasteiger partial charge in [0.25, 0.3) is 5.69 Å². The van der Waals surface area contributed by atoms with Crippen molar-refractivity contribution in [1.29, 1.82) is 5.26 Å². The SMILES string of the molecule is N#Cc1cc(C(=O)CCl)c(C(F)(F)F)cc1[N+](=O)[O-]. The highest BCUT2D eigenvalue weighted by Gasteiger charge is 2.37. The van der Waals surface area contributed by atoms with E-state index in [2.05, 4.69) is 0 Å². The lowest BCUT2D eigenvalue weighted by molar-refractivity contribution is -0.385. The summed E-state index contributed by atoms with van der Waals surface area (Å²) < 4.78 is 38.2. The number of halogens is 4. The molecule has 9 heteroatoms. The Morgan fingerprint density at radius 1 is 1.47 bits per heavy atom. The van der Waals surface area contributed by atoms with Crippen LogP contribution >= 0.6 is 11.6 Å². The van der Waals surface area contributed by atoms with Crippen LogP contribution < -0.4 is 0 Å². The third-order valence-electron chi connectivity index (χ3n) is 2.18. The van der Waals surface area contributed by atoms with E-state index in [0.29, 0.717) is 6.07 Å². The maximum atomic E-state index is 12.7. The number of rotatable bonds is 3. The van der Waals surface area contributed by atoms with Crippen LogP contribution in [0.4, 0.5) is 18.9 Å². The molecule has 0 unspecified atom stereocenters.